The molecule has 0 aliphatic carbocycles. The summed E-state index contributed by atoms with van der Waals surface area (Å²) in [5, 5.41) is 29.5. The summed E-state index contributed by atoms with van der Waals surface area (Å²) in [7, 11) is 0. The molecule has 0 heterocycles. The fraction of sp³-hybridized carbons (Fsp3) is 0.316. The van der Waals surface area contributed by atoms with Crippen LogP contribution < -0.4 is 38.1 Å². The molecule has 3 aromatic rings. The van der Waals surface area contributed by atoms with Crippen molar-refractivity contribution >= 4 is 47.4 Å². The lowest BCUT2D eigenvalue weighted by Gasteiger charge is -2.26. The number of halogens is 5. The molecular weight excluding hydrogens is 807 g/mol. The number of carbonyl (C=O) groups excluding carboxylic acids is 5. The van der Waals surface area contributed by atoms with Crippen LogP contribution >= 0.6 is 0 Å². The number of amides is 5. The van der Waals surface area contributed by atoms with Gasteiger partial charge in [-0.1, -0.05) is 60.7 Å². The summed E-state index contributed by atoms with van der Waals surface area (Å²) < 4.78 is 70.3. The van der Waals surface area contributed by atoms with Gasteiger partial charge in [-0.25, -0.2) is 26.7 Å². The van der Waals surface area contributed by atoms with Crippen molar-refractivity contribution in [3.63, 3.8) is 0 Å². The largest absolute Gasteiger partial charge is 0.481 e. The molecule has 11 N–H and O–H groups in total. The molecule has 22 heteroatoms. The first kappa shape index (κ1) is 47.2. The number of carboxylic acids is 2. The van der Waals surface area contributed by atoms with Gasteiger partial charge in [-0.05, 0) is 24.0 Å². The number of nitrogens with zero attached hydrogens (tertiary/aromatic N) is 1. The first-order valence-electron chi connectivity index (χ1n) is 17.9. The number of aliphatic imine (C=N–C) groups is 1. The summed E-state index contributed by atoms with van der Waals surface area (Å²) in [5.74, 6) is -20.3. The molecule has 0 bridgehead atoms. The van der Waals surface area contributed by atoms with Gasteiger partial charge in [-0.2, -0.15) is 0 Å². The second kappa shape index (κ2) is 22.7. The average Bonchev–Trinajstić information content (AvgIpc) is 3.20. The van der Waals surface area contributed by atoms with Crippen molar-refractivity contribution in [2.24, 2.45) is 16.5 Å². The van der Waals surface area contributed by atoms with Crippen molar-refractivity contribution in [3.8, 4) is 0 Å². The third kappa shape index (κ3) is 14.7. The minimum absolute atomic E-state index is 0.0198. The number of benzene rings is 3. The Morgan fingerprint density at radius 3 is 1.55 bits per heavy atom. The number of carbonyl (C=O) groups is 7. The number of hydrogen-bond acceptors (Lipinski definition) is 8. The van der Waals surface area contributed by atoms with Crippen LogP contribution in [0.3, 0.4) is 0 Å². The first-order valence-corrected chi connectivity index (χ1v) is 17.9. The Bertz CT molecular complexity index is 2050. The Hall–Kier alpha value is -7.13. The third-order valence-corrected chi connectivity index (χ3v) is 8.50. The van der Waals surface area contributed by atoms with Gasteiger partial charge in [-0.15, -0.1) is 0 Å². The van der Waals surface area contributed by atoms with Crippen LogP contribution in [0.4, 0.5) is 22.0 Å². The maximum Gasteiger partial charge on any atom is 0.326 e. The third-order valence-electron chi connectivity index (χ3n) is 8.50. The zero-order chi connectivity index (χ0) is 44.5. The summed E-state index contributed by atoms with van der Waals surface area (Å²) >= 11 is 0. The van der Waals surface area contributed by atoms with Gasteiger partial charge in [0, 0.05) is 24.9 Å². The minimum Gasteiger partial charge on any atom is -0.481 e. The van der Waals surface area contributed by atoms with E-state index >= 15 is 0 Å². The number of carboxylic acid groups (broad SMARTS) is 2. The Morgan fingerprint density at radius 1 is 0.600 bits per heavy atom. The molecule has 0 spiro atoms. The highest BCUT2D eigenvalue weighted by atomic mass is 19.2. The second-order valence-corrected chi connectivity index (χ2v) is 13.1. The second-order valence-electron chi connectivity index (χ2n) is 13.1. The minimum atomic E-state index is -2.43. The molecule has 0 radical (unpaired) electrons. The van der Waals surface area contributed by atoms with Crippen LogP contribution in [0.25, 0.3) is 0 Å². The summed E-state index contributed by atoms with van der Waals surface area (Å²) in [4.78, 5) is 92.9. The fourth-order valence-corrected chi connectivity index (χ4v) is 5.56. The van der Waals surface area contributed by atoms with E-state index in [4.69, 9.17) is 16.6 Å². The van der Waals surface area contributed by atoms with Gasteiger partial charge >= 0.3 is 11.9 Å². The Balaban J connectivity index is 1.89. The predicted molar refractivity (Wildman–Crippen MR) is 201 cm³/mol. The monoisotopic (exact) mass is 848 g/mol. The van der Waals surface area contributed by atoms with E-state index < -0.39 is 120 Å². The number of rotatable bonds is 22. The summed E-state index contributed by atoms with van der Waals surface area (Å²) in [6, 6.07) is 9.66. The van der Waals surface area contributed by atoms with Crippen LogP contribution in [0.2, 0.25) is 0 Å². The van der Waals surface area contributed by atoms with Gasteiger partial charge in [0.05, 0.1) is 19.4 Å². The van der Waals surface area contributed by atoms with Crippen molar-refractivity contribution in [2.75, 3.05) is 13.1 Å². The number of hydrogen-bond donors (Lipinski definition) is 9. The average molecular weight is 849 g/mol. The molecule has 60 heavy (non-hydrogen) atoms. The quantitative estimate of drug-likeness (QED) is 0.0163. The Labute approximate surface area is 338 Å². The number of nitrogens with two attached hydrogens (primary N) is 2. The molecular formula is C38H41F5N8O9. The van der Waals surface area contributed by atoms with E-state index in [9.17, 15) is 60.6 Å². The van der Waals surface area contributed by atoms with Crippen LogP contribution in [-0.4, -0.2) is 94.9 Å². The summed E-state index contributed by atoms with van der Waals surface area (Å²) in [6.07, 6.45) is -2.94. The zero-order valence-electron chi connectivity index (χ0n) is 31.5. The van der Waals surface area contributed by atoms with Crippen molar-refractivity contribution in [1.82, 2.24) is 26.6 Å². The van der Waals surface area contributed by atoms with Crippen molar-refractivity contribution in [3.05, 3.63) is 106 Å². The van der Waals surface area contributed by atoms with Crippen LogP contribution in [0, 0.1) is 29.1 Å². The van der Waals surface area contributed by atoms with Gasteiger partial charge in [0.2, 0.25) is 35.4 Å². The molecule has 0 aromatic heterocycles. The molecule has 17 nitrogen and oxygen atoms in total. The lowest BCUT2D eigenvalue weighted by atomic mass is 10.0. The zero-order valence-corrected chi connectivity index (χ0v) is 31.5. The molecule has 5 amide bonds. The predicted octanol–water partition coefficient (Wildman–Crippen LogP) is 0.0783. The first-order chi connectivity index (χ1) is 28.4. The Morgan fingerprint density at radius 2 is 1.07 bits per heavy atom. The normalized spacial score (nSPS) is 12.8. The molecule has 0 fully saturated rings. The van der Waals surface area contributed by atoms with Crippen LogP contribution in [-0.2, 0) is 52.8 Å². The van der Waals surface area contributed by atoms with Crippen LogP contribution in [0.1, 0.15) is 36.0 Å². The fourth-order valence-electron chi connectivity index (χ4n) is 5.56. The van der Waals surface area contributed by atoms with Gasteiger partial charge in [0.15, 0.2) is 29.2 Å². The van der Waals surface area contributed by atoms with E-state index in [0.717, 1.165) is 0 Å². The van der Waals surface area contributed by atoms with Crippen molar-refractivity contribution in [1.29, 1.82) is 0 Å². The summed E-state index contributed by atoms with van der Waals surface area (Å²) in [6.45, 7) is -0.869. The highest BCUT2D eigenvalue weighted by molar-refractivity contribution is 5.96. The molecule has 4 atom stereocenters. The molecule has 0 aliphatic rings. The molecule has 0 saturated carbocycles. The van der Waals surface area contributed by atoms with Gasteiger partial charge in [-0.3, -0.25) is 33.8 Å². The van der Waals surface area contributed by atoms with Gasteiger partial charge < -0.3 is 48.3 Å². The van der Waals surface area contributed by atoms with E-state index in [2.05, 4.69) is 26.3 Å². The van der Waals surface area contributed by atoms with E-state index in [-0.39, 0.29) is 38.2 Å². The SMILES string of the molecule is NC(N)=NCCCC(NC(=O)C(Cc1ccccc1)NC(=O)C(Cc1ccccc1)NC(=O)Cc1c(F)c(F)c(F)c(F)c1F)C(=O)NCC(=O)NC(CC(=O)O)C(=O)O. The maximum atomic E-state index is 14.4. The molecule has 4 unspecified atom stereocenters. The highest BCUT2D eigenvalue weighted by Gasteiger charge is 2.32. The van der Waals surface area contributed by atoms with E-state index in [1.165, 1.54) is 0 Å². The van der Waals surface area contributed by atoms with Gasteiger partial charge in [0.25, 0.3) is 0 Å². The molecule has 3 rings (SSSR count). The molecule has 0 aliphatic heterocycles. The van der Waals surface area contributed by atoms with E-state index in [0.29, 0.717) is 11.1 Å². The smallest absolute Gasteiger partial charge is 0.326 e. The molecule has 322 valence electrons. The van der Waals surface area contributed by atoms with Crippen LogP contribution in [0.15, 0.2) is 65.7 Å². The number of guanidine groups is 1. The summed E-state index contributed by atoms with van der Waals surface area (Å²) in [5.41, 5.74) is 10.2. The maximum absolute atomic E-state index is 14.4. The van der Waals surface area contributed by atoms with E-state index in [1.807, 2.05) is 5.32 Å². The van der Waals surface area contributed by atoms with E-state index in [1.54, 1.807) is 60.7 Å². The topological polar surface area (TPSA) is 284 Å². The van der Waals surface area contributed by atoms with Crippen LogP contribution in [0.5, 0.6) is 0 Å². The lowest BCUT2D eigenvalue weighted by Crippen LogP contribution is -2.58. The number of aliphatic carboxylic acids is 2. The molecule has 3 aromatic carbocycles. The molecule has 0 saturated heterocycles. The van der Waals surface area contributed by atoms with Gasteiger partial charge in [0.1, 0.15) is 24.2 Å². The highest BCUT2D eigenvalue weighted by Crippen LogP contribution is 2.23. The standard InChI is InChI=1S/C38H41F5N8O9/c39-29-21(30(40)32(42)33(43)31(29)41)16-26(52)48-23(14-19-8-3-1-4-9-19)35(57)51-24(15-20-10-5-2-6-11-20)36(58)50-22(12-7-13-46-38(44)45)34(56)47-18-27(53)49-25(37(59)60)17-28(54)55/h1-6,8-11,22-25H,7,12-18H2,(H,47,56)(H,48,52)(H,49,53)(H,50,58)(H,51,57)(H,54,55)(H,59,60)(H4,44,45,46). The van der Waals surface area contributed by atoms with Crippen molar-refractivity contribution in [2.45, 2.75) is 62.7 Å². The van der Waals surface area contributed by atoms with Crippen molar-refractivity contribution < 1.29 is 65.7 Å². The number of nitrogens with one attached hydrogen (secondary N) is 5. The lowest BCUT2D eigenvalue weighted by molar-refractivity contribution is -0.147. The Kier molecular flexibility index (Phi) is 17.9.